The minimum atomic E-state index is -0.491. The summed E-state index contributed by atoms with van der Waals surface area (Å²) in [5.74, 6) is -0.804. The quantitative estimate of drug-likeness (QED) is 0.584. The number of oxime groups is 1. The summed E-state index contributed by atoms with van der Waals surface area (Å²) in [6.45, 7) is 1.63. The van der Waals surface area contributed by atoms with Crippen LogP contribution in [0.25, 0.3) is 0 Å². The minimum Gasteiger partial charge on any atom is -0.493 e. The monoisotopic (exact) mass is 313 g/mol. The number of aromatic hydroxyl groups is 1. The van der Waals surface area contributed by atoms with Crippen LogP contribution in [0.1, 0.15) is 11.3 Å². The van der Waals surface area contributed by atoms with Gasteiger partial charge in [-0.05, 0) is 6.92 Å². The molecule has 2 N–H and O–H groups in total. The molecule has 17 heavy (non-hydrogen) atoms. The van der Waals surface area contributed by atoms with E-state index < -0.39 is 5.91 Å². The van der Waals surface area contributed by atoms with E-state index >= 15 is 0 Å². The Bertz CT molecular complexity index is 416. The third-order valence-electron chi connectivity index (χ3n) is 1.88. The van der Waals surface area contributed by atoms with Crippen molar-refractivity contribution in [2.24, 2.45) is 5.16 Å². The number of amides is 1. The number of aryl methyl sites for hydroxylation is 1. The van der Waals surface area contributed by atoms with Gasteiger partial charge >= 0.3 is 0 Å². The summed E-state index contributed by atoms with van der Waals surface area (Å²) in [5.41, 5.74) is 0.524. The molecule has 1 rings (SSSR count). The summed E-state index contributed by atoms with van der Waals surface area (Å²) in [6.07, 6.45) is 1.20. The van der Waals surface area contributed by atoms with Crippen LogP contribution in [0.3, 0.4) is 0 Å². The predicted molar refractivity (Wildman–Crippen MR) is 56.0 cm³/mol. The molecule has 0 fully saturated rings. The molecule has 0 saturated heterocycles. The molecule has 1 heterocycles. The second kappa shape index (κ2) is 7.29. The van der Waals surface area contributed by atoms with E-state index in [0.717, 1.165) is 0 Å². The summed E-state index contributed by atoms with van der Waals surface area (Å²) in [7, 11) is 2.75. The van der Waals surface area contributed by atoms with E-state index in [4.69, 9.17) is 0 Å². The standard InChI is InChI=1S/C9H12N4O3.Y/c1-5-6(8(14)12-4-11-5)7(13-16-3)9(15)10-2;/h4H,1-3H3,(H,10,15)(H,11,12,14);/b13-7+;. The molecule has 0 unspecified atom stereocenters. The molecular formula is C9H12N4O3Y. The first-order valence-corrected chi connectivity index (χ1v) is 4.46. The molecule has 0 aliphatic rings. The van der Waals surface area contributed by atoms with Crippen LogP contribution < -0.4 is 5.32 Å². The van der Waals surface area contributed by atoms with Gasteiger partial charge in [-0.15, -0.1) is 0 Å². The van der Waals surface area contributed by atoms with Crippen molar-refractivity contribution in [3.05, 3.63) is 17.6 Å². The number of rotatable bonds is 3. The Morgan fingerprint density at radius 3 is 2.65 bits per heavy atom. The van der Waals surface area contributed by atoms with Crippen LogP contribution in [0.15, 0.2) is 11.5 Å². The number of likely N-dealkylation sites (N-methyl/N-ethyl adjacent to an activating group) is 1. The minimum absolute atomic E-state index is 0. The zero-order valence-corrected chi connectivity index (χ0v) is 12.6. The van der Waals surface area contributed by atoms with Crippen molar-refractivity contribution in [2.45, 2.75) is 6.92 Å². The molecule has 0 aliphatic heterocycles. The van der Waals surface area contributed by atoms with Crippen LogP contribution in [0.2, 0.25) is 0 Å². The Morgan fingerprint density at radius 2 is 2.18 bits per heavy atom. The molecule has 1 aromatic heterocycles. The average Bonchev–Trinajstić information content (AvgIpc) is 2.26. The smallest absolute Gasteiger partial charge is 0.273 e. The number of carbonyl (C=O) groups is 1. The first-order chi connectivity index (χ1) is 7.61. The van der Waals surface area contributed by atoms with E-state index in [2.05, 4.69) is 25.3 Å². The Kier molecular flexibility index (Phi) is 6.83. The maximum Gasteiger partial charge on any atom is 0.273 e. The van der Waals surface area contributed by atoms with E-state index in [-0.39, 0.29) is 49.9 Å². The number of aromatic nitrogens is 2. The molecule has 0 aromatic carbocycles. The molecule has 1 amide bonds. The second-order valence-corrected chi connectivity index (χ2v) is 2.86. The van der Waals surface area contributed by atoms with Crippen LogP contribution >= 0.6 is 0 Å². The van der Waals surface area contributed by atoms with Crippen LogP contribution in [0.4, 0.5) is 0 Å². The average molecular weight is 313 g/mol. The van der Waals surface area contributed by atoms with Gasteiger partial charge < -0.3 is 15.3 Å². The Balaban J connectivity index is 0.00000256. The van der Waals surface area contributed by atoms with Gasteiger partial charge in [-0.25, -0.2) is 9.97 Å². The van der Waals surface area contributed by atoms with E-state index in [0.29, 0.717) is 5.69 Å². The maximum absolute atomic E-state index is 11.5. The first-order valence-electron chi connectivity index (χ1n) is 4.46. The normalized spacial score (nSPS) is 10.4. The van der Waals surface area contributed by atoms with Gasteiger partial charge in [0.1, 0.15) is 13.4 Å². The first kappa shape index (κ1) is 15.9. The third kappa shape index (κ3) is 3.71. The van der Waals surface area contributed by atoms with E-state index in [1.807, 2.05) is 0 Å². The van der Waals surface area contributed by atoms with Crippen LogP contribution in [-0.2, 0) is 42.3 Å². The molecule has 0 aliphatic carbocycles. The maximum atomic E-state index is 11.5. The summed E-state index contributed by atoms with van der Waals surface area (Å²) in [4.78, 5) is 23.5. The number of nitrogens with one attached hydrogen (secondary N) is 1. The van der Waals surface area contributed by atoms with E-state index in [1.54, 1.807) is 6.92 Å². The van der Waals surface area contributed by atoms with Crippen molar-refractivity contribution in [1.82, 2.24) is 15.3 Å². The van der Waals surface area contributed by atoms with Crippen molar-refractivity contribution in [2.75, 3.05) is 14.2 Å². The molecule has 0 atom stereocenters. The Hall–Kier alpha value is -1.08. The number of hydrogen-bond donors (Lipinski definition) is 2. The SMILES string of the molecule is CNC(=O)/C(=N/OC)c1c(C)ncnc1O.[Y]. The predicted octanol–water partition coefficient (Wildman–Crippen LogP) is -0.415. The van der Waals surface area contributed by atoms with E-state index in [9.17, 15) is 9.90 Å². The van der Waals surface area contributed by atoms with Gasteiger partial charge in [-0.1, -0.05) is 5.16 Å². The number of hydrogen-bond acceptors (Lipinski definition) is 6. The van der Waals surface area contributed by atoms with Gasteiger partial charge in [-0.3, -0.25) is 4.79 Å². The Morgan fingerprint density at radius 1 is 1.53 bits per heavy atom. The zero-order valence-electron chi connectivity index (χ0n) is 9.76. The summed E-state index contributed by atoms with van der Waals surface area (Å²) in [6, 6.07) is 0. The molecule has 0 saturated carbocycles. The van der Waals surface area contributed by atoms with Gasteiger partial charge in [0.15, 0.2) is 5.71 Å². The fourth-order valence-corrected chi connectivity index (χ4v) is 1.15. The van der Waals surface area contributed by atoms with Gasteiger partial charge in [0, 0.05) is 39.8 Å². The Labute approximate surface area is 124 Å². The van der Waals surface area contributed by atoms with Gasteiger partial charge in [0.05, 0.1) is 11.3 Å². The molecule has 0 bridgehead atoms. The van der Waals surface area contributed by atoms with Crippen molar-refractivity contribution in [1.29, 1.82) is 0 Å². The second-order valence-electron chi connectivity index (χ2n) is 2.86. The summed E-state index contributed by atoms with van der Waals surface area (Å²) in [5, 5.41) is 15.5. The van der Waals surface area contributed by atoms with Crippen molar-refractivity contribution in [3.63, 3.8) is 0 Å². The fraction of sp³-hybridized carbons (Fsp3) is 0.333. The molecule has 1 radical (unpaired) electrons. The van der Waals surface area contributed by atoms with Crippen molar-refractivity contribution in [3.8, 4) is 5.88 Å². The largest absolute Gasteiger partial charge is 0.493 e. The van der Waals surface area contributed by atoms with Crippen molar-refractivity contribution >= 4 is 11.6 Å². The zero-order chi connectivity index (χ0) is 12.1. The fourth-order valence-electron chi connectivity index (χ4n) is 1.15. The topological polar surface area (TPSA) is 96.7 Å². The summed E-state index contributed by atoms with van der Waals surface area (Å²) >= 11 is 0. The molecular weight excluding hydrogens is 301 g/mol. The molecule has 8 heteroatoms. The number of carbonyl (C=O) groups excluding carboxylic acids is 1. The van der Waals surface area contributed by atoms with Gasteiger partial charge in [0.25, 0.3) is 5.91 Å². The van der Waals surface area contributed by atoms with E-state index in [1.165, 1.54) is 20.5 Å². The van der Waals surface area contributed by atoms with Crippen LogP contribution in [-0.4, -0.2) is 40.9 Å². The molecule has 7 nitrogen and oxygen atoms in total. The van der Waals surface area contributed by atoms with Crippen LogP contribution in [0, 0.1) is 6.92 Å². The number of nitrogens with zero attached hydrogens (tertiary/aromatic N) is 3. The van der Waals surface area contributed by atoms with Gasteiger partial charge in [-0.2, -0.15) is 0 Å². The van der Waals surface area contributed by atoms with Crippen molar-refractivity contribution < 1.29 is 47.4 Å². The molecule has 1 aromatic rings. The van der Waals surface area contributed by atoms with Gasteiger partial charge in [0.2, 0.25) is 5.88 Å². The molecule has 0 spiro atoms. The molecule has 89 valence electrons. The van der Waals surface area contributed by atoms with Crippen LogP contribution in [0.5, 0.6) is 5.88 Å². The summed E-state index contributed by atoms with van der Waals surface area (Å²) < 4.78 is 0. The third-order valence-corrected chi connectivity index (χ3v) is 1.88.